The fourth-order valence-corrected chi connectivity index (χ4v) is 1.75. The van der Waals surface area contributed by atoms with Gasteiger partial charge in [-0.25, -0.2) is 0 Å². The molecule has 0 bridgehead atoms. The van der Waals surface area contributed by atoms with Crippen molar-refractivity contribution < 1.29 is 4.74 Å². The normalized spacial score (nSPS) is 16.3. The molecule has 1 aromatic carbocycles. The molecule has 1 aliphatic carbocycles. The first-order valence-corrected chi connectivity index (χ1v) is 5.80. The standard InChI is InChI=1S/C13H19NO/c14-12-8-6-11(7-9-12)3-2-10-15-13-4-1-5-13/h6-9,13H,1-5,10,14H2. The number of nitrogen functional groups attached to an aromatic ring is 1. The molecule has 0 aromatic heterocycles. The van der Waals surface area contributed by atoms with Gasteiger partial charge < -0.3 is 10.5 Å². The van der Waals surface area contributed by atoms with Crippen LogP contribution in [0.15, 0.2) is 24.3 Å². The second-order valence-electron chi connectivity index (χ2n) is 4.27. The van der Waals surface area contributed by atoms with Crippen LogP contribution in [0.1, 0.15) is 31.2 Å². The second kappa shape index (κ2) is 5.17. The van der Waals surface area contributed by atoms with Crippen LogP contribution in [0, 0.1) is 0 Å². The number of hydrogen-bond acceptors (Lipinski definition) is 2. The molecule has 0 heterocycles. The summed E-state index contributed by atoms with van der Waals surface area (Å²) in [7, 11) is 0. The van der Waals surface area contributed by atoms with Gasteiger partial charge in [-0.05, 0) is 49.8 Å². The van der Waals surface area contributed by atoms with Gasteiger partial charge in [-0.3, -0.25) is 0 Å². The zero-order chi connectivity index (χ0) is 10.5. The number of nitrogens with two attached hydrogens (primary N) is 1. The highest BCUT2D eigenvalue weighted by Crippen LogP contribution is 2.22. The number of ether oxygens (including phenoxy) is 1. The van der Waals surface area contributed by atoms with E-state index in [1.165, 1.54) is 24.8 Å². The van der Waals surface area contributed by atoms with Gasteiger partial charge in [-0.15, -0.1) is 0 Å². The summed E-state index contributed by atoms with van der Waals surface area (Å²) in [5, 5.41) is 0. The van der Waals surface area contributed by atoms with E-state index >= 15 is 0 Å². The molecule has 2 heteroatoms. The number of hydrogen-bond donors (Lipinski definition) is 1. The van der Waals surface area contributed by atoms with Gasteiger partial charge in [0.25, 0.3) is 0 Å². The molecule has 2 nitrogen and oxygen atoms in total. The maximum Gasteiger partial charge on any atom is 0.0575 e. The summed E-state index contributed by atoms with van der Waals surface area (Å²) in [6, 6.07) is 8.11. The number of rotatable bonds is 5. The molecule has 2 N–H and O–H groups in total. The van der Waals surface area contributed by atoms with Crippen LogP contribution in [0.5, 0.6) is 0 Å². The van der Waals surface area contributed by atoms with Crippen LogP contribution in [-0.2, 0) is 11.2 Å². The predicted octanol–water partition coefficient (Wildman–Crippen LogP) is 2.77. The van der Waals surface area contributed by atoms with Gasteiger partial charge in [0, 0.05) is 12.3 Å². The predicted molar refractivity (Wildman–Crippen MR) is 62.8 cm³/mol. The van der Waals surface area contributed by atoms with E-state index in [0.717, 1.165) is 25.1 Å². The first kappa shape index (κ1) is 10.5. The van der Waals surface area contributed by atoms with Crippen molar-refractivity contribution in [3.63, 3.8) is 0 Å². The highest BCUT2D eigenvalue weighted by atomic mass is 16.5. The molecule has 2 rings (SSSR count). The van der Waals surface area contributed by atoms with Gasteiger partial charge >= 0.3 is 0 Å². The van der Waals surface area contributed by atoms with Gasteiger partial charge in [0.15, 0.2) is 0 Å². The molecular weight excluding hydrogens is 186 g/mol. The van der Waals surface area contributed by atoms with E-state index in [-0.39, 0.29) is 0 Å². The van der Waals surface area contributed by atoms with Crippen molar-refractivity contribution in [2.45, 2.75) is 38.2 Å². The minimum atomic E-state index is 0.566. The van der Waals surface area contributed by atoms with Crippen molar-refractivity contribution in [1.82, 2.24) is 0 Å². The van der Waals surface area contributed by atoms with E-state index in [0.29, 0.717) is 6.10 Å². The molecule has 0 amide bonds. The van der Waals surface area contributed by atoms with Gasteiger partial charge in [0.2, 0.25) is 0 Å². The quantitative estimate of drug-likeness (QED) is 0.592. The van der Waals surface area contributed by atoms with E-state index in [2.05, 4.69) is 12.1 Å². The largest absolute Gasteiger partial charge is 0.399 e. The van der Waals surface area contributed by atoms with Crippen LogP contribution < -0.4 is 5.73 Å². The fourth-order valence-electron chi connectivity index (χ4n) is 1.75. The Morgan fingerprint density at radius 3 is 2.53 bits per heavy atom. The molecule has 15 heavy (non-hydrogen) atoms. The average molecular weight is 205 g/mol. The lowest BCUT2D eigenvalue weighted by atomic mass is 9.96. The second-order valence-corrected chi connectivity index (χ2v) is 4.27. The minimum Gasteiger partial charge on any atom is -0.399 e. The van der Waals surface area contributed by atoms with Gasteiger partial charge in [-0.2, -0.15) is 0 Å². The summed E-state index contributed by atoms with van der Waals surface area (Å²) in [6.07, 6.45) is 6.65. The third-order valence-corrected chi connectivity index (χ3v) is 3.00. The lowest BCUT2D eigenvalue weighted by Crippen LogP contribution is -2.22. The minimum absolute atomic E-state index is 0.566. The maximum absolute atomic E-state index is 5.70. The number of benzene rings is 1. The van der Waals surface area contributed by atoms with Crippen molar-refractivity contribution in [2.24, 2.45) is 0 Å². The Kier molecular flexibility index (Phi) is 3.62. The van der Waals surface area contributed by atoms with Gasteiger partial charge in [0.1, 0.15) is 0 Å². The van der Waals surface area contributed by atoms with Crippen molar-refractivity contribution >= 4 is 5.69 Å². The molecule has 0 saturated heterocycles. The van der Waals surface area contributed by atoms with Crippen LogP contribution in [0.3, 0.4) is 0 Å². The summed E-state index contributed by atoms with van der Waals surface area (Å²) in [5.74, 6) is 0. The Bertz CT molecular complexity index is 290. The van der Waals surface area contributed by atoms with Crippen molar-refractivity contribution in [3.8, 4) is 0 Å². The first-order valence-electron chi connectivity index (χ1n) is 5.80. The maximum atomic E-state index is 5.70. The van der Waals surface area contributed by atoms with Crippen LogP contribution in [-0.4, -0.2) is 12.7 Å². The van der Waals surface area contributed by atoms with Gasteiger partial charge in [-0.1, -0.05) is 12.1 Å². The fraction of sp³-hybridized carbons (Fsp3) is 0.538. The summed E-state index contributed by atoms with van der Waals surface area (Å²) < 4.78 is 5.70. The van der Waals surface area contributed by atoms with E-state index in [4.69, 9.17) is 10.5 Å². The molecule has 0 unspecified atom stereocenters. The molecule has 1 aromatic rings. The molecule has 1 aliphatic rings. The van der Waals surface area contributed by atoms with Crippen molar-refractivity contribution in [2.75, 3.05) is 12.3 Å². The highest BCUT2D eigenvalue weighted by Gasteiger charge is 2.16. The molecule has 1 fully saturated rings. The molecule has 0 atom stereocenters. The zero-order valence-corrected chi connectivity index (χ0v) is 9.11. The van der Waals surface area contributed by atoms with E-state index in [9.17, 15) is 0 Å². The van der Waals surface area contributed by atoms with Crippen LogP contribution >= 0.6 is 0 Å². The third kappa shape index (κ3) is 3.24. The lowest BCUT2D eigenvalue weighted by Gasteiger charge is -2.25. The smallest absolute Gasteiger partial charge is 0.0575 e. The average Bonchev–Trinajstić information content (AvgIpc) is 2.18. The summed E-state index contributed by atoms with van der Waals surface area (Å²) in [6.45, 7) is 0.898. The van der Waals surface area contributed by atoms with Crippen molar-refractivity contribution in [1.29, 1.82) is 0 Å². The molecule has 1 saturated carbocycles. The van der Waals surface area contributed by atoms with Crippen LogP contribution in [0.2, 0.25) is 0 Å². The molecule has 0 aliphatic heterocycles. The lowest BCUT2D eigenvalue weighted by molar-refractivity contribution is 0.00147. The first-order chi connectivity index (χ1) is 7.34. The summed E-state index contributed by atoms with van der Waals surface area (Å²) in [4.78, 5) is 0. The Hall–Kier alpha value is -1.02. The molecular formula is C13H19NO. The summed E-state index contributed by atoms with van der Waals surface area (Å²) in [5.41, 5.74) is 7.81. The molecule has 0 spiro atoms. The van der Waals surface area contributed by atoms with E-state index in [1.54, 1.807) is 0 Å². The Labute approximate surface area is 91.4 Å². The van der Waals surface area contributed by atoms with E-state index in [1.807, 2.05) is 12.1 Å². The SMILES string of the molecule is Nc1ccc(CCCOC2CCC2)cc1. The molecule has 0 radical (unpaired) electrons. The Morgan fingerprint density at radius 2 is 1.93 bits per heavy atom. The van der Waals surface area contributed by atoms with E-state index < -0.39 is 0 Å². The van der Waals surface area contributed by atoms with Gasteiger partial charge in [0.05, 0.1) is 6.10 Å². The Balaban J connectivity index is 1.62. The van der Waals surface area contributed by atoms with Crippen LogP contribution in [0.25, 0.3) is 0 Å². The topological polar surface area (TPSA) is 35.2 Å². The third-order valence-electron chi connectivity index (χ3n) is 3.00. The monoisotopic (exact) mass is 205 g/mol. The number of anilines is 1. The zero-order valence-electron chi connectivity index (χ0n) is 9.11. The van der Waals surface area contributed by atoms with Crippen molar-refractivity contribution in [3.05, 3.63) is 29.8 Å². The number of aryl methyl sites for hydroxylation is 1. The summed E-state index contributed by atoms with van der Waals surface area (Å²) >= 11 is 0. The Morgan fingerprint density at radius 1 is 1.20 bits per heavy atom. The highest BCUT2D eigenvalue weighted by molar-refractivity contribution is 5.39. The molecule has 82 valence electrons. The van der Waals surface area contributed by atoms with Crippen LogP contribution in [0.4, 0.5) is 5.69 Å².